The number of para-hydroxylation sites is 2. The molecule has 1 aliphatic carbocycles. The molecule has 0 unspecified atom stereocenters. The maximum absolute atomic E-state index is 12.0. The smallest absolute Gasteiger partial charge is 0.226 e. The van der Waals surface area contributed by atoms with Crippen molar-refractivity contribution in [2.24, 2.45) is 5.73 Å². The van der Waals surface area contributed by atoms with Gasteiger partial charge >= 0.3 is 0 Å². The van der Waals surface area contributed by atoms with Crippen molar-refractivity contribution in [3.8, 4) is 5.75 Å². The molecule has 104 valence electrons. The Morgan fingerprint density at radius 1 is 1.42 bits per heavy atom. The summed E-state index contributed by atoms with van der Waals surface area (Å²) in [7, 11) is 0. The van der Waals surface area contributed by atoms with Crippen LogP contribution in [-0.4, -0.2) is 18.1 Å². The lowest BCUT2D eigenvalue weighted by molar-refractivity contribution is -0.118. The van der Waals surface area contributed by atoms with Gasteiger partial charge in [-0.2, -0.15) is 0 Å². The van der Waals surface area contributed by atoms with Crippen molar-refractivity contribution in [1.82, 2.24) is 0 Å². The molecule has 0 spiro atoms. The standard InChI is InChI=1S/C15H22N2O2/c1-2-10-19-13-7-4-3-6-12(13)17-14(18)11-15(16)8-5-9-15/h3-4,6-7H,2,5,8-11,16H2,1H3,(H,17,18). The third-order valence-corrected chi connectivity index (χ3v) is 3.48. The van der Waals surface area contributed by atoms with E-state index in [2.05, 4.69) is 12.2 Å². The van der Waals surface area contributed by atoms with Crippen LogP contribution in [-0.2, 0) is 4.79 Å². The molecule has 19 heavy (non-hydrogen) atoms. The Kier molecular flexibility index (Phi) is 4.43. The van der Waals surface area contributed by atoms with E-state index < -0.39 is 0 Å². The van der Waals surface area contributed by atoms with Crippen molar-refractivity contribution in [1.29, 1.82) is 0 Å². The Morgan fingerprint density at radius 3 is 2.79 bits per heavy atom. The first-order valence-electron chi connectivity index (χ1n) is 6.93. The lowest BCUT2D eigenvalue weighted by Crippen LogP contribution is -2.48. The summed E-state index contributed by atoms with van der Waals surface area (Å²) in [5, 5.41) is 2.90. The molecule has 0 aliphatic heterocycles. The molecule has 3 N–H and O–H groups in total. The molecule has 1 amide bonds. The molecule has 4 nitrogen and oxygen atoms in total. The van der Waals surface area contributed by atoms with Gasteiger partial charge in [0, 0.05) is 12.0 Å². The molecule has 2 rings (SSSR count). The number of hydrogen-bond acceptors (Lipinski definition) is 3. The zero-order chi connectivity index (χ0) is 13.7. The molecule has 1 aliphatic rings. The Bertz CT molecular complexity index is 442. The summed E-state index contributed by atoms with van der Waals surface area (Å²) in [6.45, 7) is 2.70. The number of benzene rings is 1. The predicted octanol–water partition coefficient (Wildman–Crippen LogP) is 2.69. The molecule has 1 saturated carbocycles. The van der Waals surface area contributed by atoms with Crippen LogP contribution >= 0.6 is 0 Å². The summed E-state index contributed by atoms with van der Waals surface area (Å²) in [6, 6.07) is 7.51. The molecule has 0 heterocycles. The summed E-state index contributed by atoms with van der Waals surface area (Å²) in [5.41, 5.74) is 6.52. The average Bonchev–Trinajstić information content (AvgIpc) is 2.36. The van der Waals surface area contributed by atoms with E-state index in [1.807, 2.05) is 24.3 Å². The van der Waals surface area contributed by atoms with Crippen molar-refractivity contribution in [2.75, 3.05) is 11.9 Å². The normalized spacial score (nSPS) is 16.5. The number of hydrogen-bond donors (Lipinski definition) is 2. The Hall–Kier alpha value is -1.55. The quantitative estimate of drug-likeness (QED) is 0.828. The summed E-state index contributed by atoms with van der Waals surface area (Å²) in [4.78, 5) is 12.0. The fourth-order valence-electron chi connectivity index (χ4n) is 2.23. The monoisotopic (exact) mass is 262 g/mol. The van der Waals surface area contributed by atoms with Gasteiger partial charge in [0.15, 0.2) is 0 Å². The highest BCUT2D eigenvalue weighted by Crippen LogP contribution is 2.33. The third-order valence-electron chi connectivity index (χ3n) is 3.48. The van der Waals surface area contributed by atoms with Gasteiger partial charge in [0.25, 0.3) is 0 Å². The highest BCUT2D eigenvalue weighted by atomic mass is 16.5. The van der Waals surface area contributed by atoms with Crippen LogP contribution in [0.15, 0.2) is 24.3 Å². The molecule has 1 fully saturated rings. The van der Waals surface area contributed by atoms with E-state index in [0.717, 1.165) is 37.1 Å². The number of carbonyl (C=O) groups excluding carboxylic acids is 1. The van der Waals surface area contributed by atoms with Crippen LogP contribution in [0.3, 0.4) is 0 Å². The Labute approximate surface area is 114 Å². The van der Waals surface area contributed by atoms with Crippen LogP contribution in [0.2, 0.25) is 0 Å². The molecule has 4 heteroatoms. The number of anilines is 1. The molecular weight excluding hydrogens is 240 g/mol. The summed E-state index contributed by atoms with van der Waals surface area (Å²) < 4.78 is 5.61. The largest absolute Gasteiger partial charge is 0.491 e. The van der Waals surface area contributed by atoms with Crippen molar-refractivity contribution in [3.05, 3.63) is 24.3 Å². The van der Waals surface area contributed by atoms with Gasteiger partial charge in [-0.15, -0.1) is 0 Å². The van der Waals surface area contributed by atoms with E-state index in [1.54, 1.807) is 0 Å². The van der Waals surface area contributed by atoms with Gasteiger partial charge in [0.05, 0.1) is 12.3 Å². The van der Waals surface area contributed by atoms with Gasteiger partial charge in [0.1, 0.15) is 5.75 Å². The minimum absolute atomic E-state index is 0.0326. The zero-order valence-electron chi connectivity index (χ0n) is 11.4. The van der Waals surface area contributed by atoms with Crippen LogP contribution in [0.5, 0.6) is 5.75 Å². The second-order valence-corrected chi connectivity index (χ2v) is 5.29. The highest BCUT2D eigenvalue weighted by molar-refractivity contribution is 5.93. The van der Waals surface area contributed by atoms with E-state index in [1.165, 1.54) is 0 Å². The third kappa shape index (κ3) is 3.70. The SMILES string of the molecule is CCCOc1ccccc1NC(=O)CC1(N)CCC1. The minimum atomic E-state index is -0.288. The summed E-state index contributed by atoms with van der Waals surface area (Å²) in [6.07, 6.45) is 4.33. The topological polar surface area (TPSA) is 64.3 Å². The number of nitrogens with two attached hydrogens (primary N) is 1. The first-order valence-corrected chi connectivity index (χ1v) is 6.93. The molecule has 0 atom stereocenters. The Morgan fingerprint density at radius 2 is 2.16 bits per heavy atom. The van der Waals surface area contributed by atoms with Gasteiger partial charge in [-0.3, -0.25) is 4.79 Å². The lowest BCUT2D eigenvalue weighted by Gasteiger charge is -2.37. The maximum atomic E-state index is 12.0. The number of nitrogens with one attached hydrogen (secondary N) is 1. The summed E-state index contributed by atoms with van der Waals surface area (Å²) in [5.74, 6) is 0.687. The fourth-order valence-corrected chi connectivity index (χ4v) is 2.23. The second-order valence-electron chi connectivity index (χ2n) is 5.29. The van der Waals surface area contributed by atoms with Crippen LogP contribution in [0, 0.1) is 0 Å². The van der Waals surface area contributed by atoms with Gasteiger partial charge in [-0.05, 0) is 37.8 Å². The molecule has 0 saturated heterocycles. The van der Waals surface area contributed by atoms with Crippen LogP contribution in [0.1, 0.15) is 39.0 Å². The number of ether oxygens (including phenoxy) is 1. The van der Waals surface area contributed by atoms with Crippen LogP contribution < -0.4 is 15.8 Å². The molecular formula is C15H22N2O2. The number of rotatable bonds is 6. The second kappa shape index (κ2) is 6.06. The van der Waals surface area contributed by atoms with Crippen molar-refractivity contribution >= 4 is 11.6 Å². The first kappa shape index (κ1) is 13.9. The highest BCUT2D eigenvalue weighted by Gasteiger charge is 2.34. The van der Waals surface area contributed by atoms with Gasteiger partial charge in [-0.1, -0.05) is 19.1 Å². The van der Waals surface area contributed by atoms with Crippen molar-refractivity contribution in [2.45, 2.75) is 44.6 Å². The fraction of sp³-hybridized carbons (Fsp3) is 0.533. The van der Waals surface area contributed by atoms with E-state index in [0.29, 0.717) is 13.0 Å². The first-order chi connectivity index (χ1) is 9.13. The molecule has 1 aromatic carbocycles. The molecule has 0 radical (unpaired) electrons. The minimum Gasteiger partial charge on any atom is -0.491 e. The van der Waals surface area contributed by atoms with Crippen molar-refractivity contribution < 1.29 is 9.53 Å². The van der Waals surface area contributed by atoms with E-state index in [-0.39, 0.29) is 11.4 Å². The van der Waals surface area contributed by atoms with Gasteiger partial charge in [0.2, 0.25) is 5.91 Å². The Balaban J connectivity index is 1.95. The molecule has 0 aromatic heterocycles. The van der Waals surface area contributed by atoms with E-state index >= 15 is 0 Å². The predicted molar refractivity (Wildman–Crippen MR) is 76.2 cm³/mol. The zero-order valence-corrected chi connectivity index (χ0v) is 11.4. The number of carbonyl (C=O) groups is 1. The van der Waals surface area contributed by atoms with E-state index in [4.69, 9.17) is 10.5 Å². The van der Waals surface area contributed by atoms with Gasteiger partial charge in [-0.25, -0.2) is 0 Å². The van der Waals surface area contributed by atoms with Crippen molar-refractivity contribution in [3.63, 3.8) is 0 Å². The van der Waals surface area contributed by atoms with E-state index in [9.17, 15) is 4.79 Å². The lowest BCUT2D eigenvalue weighted by atomic mass is 9.75. The average molecular weight is 262 g/mol. The van der Waals surface area contributed by atoms with Gasteiger partial charge < -0.3 is 15.8 Å². The maximum Gasteiger partial charge on any atom is 0.226 e. The van der Waals surface area contributed by atoms with Crippen LogP contribution in [0.25, 0.3) is 0 Å². The summed E-state index contributed by atoms with van der Waals surface area (Å²) >= 11 is 0. The number of amides is 1. The molecule has 1 aromatic rings. The molecule has 0 bridgehead atoms. The van der Waals surface area contributed by atoms with Crippen LogP contribution in [0.4, 0.5) is 5.69 Å².